The summed E-state index contributed by atoms with van der Waals surface area (Å²) in [6.45, 7) is 2.13. The van der Waals surface area contributed by atoms with Crippen molar-refractivity contribution < 1.29 is 4.39 Å². The number of nitrogens with two attached hydrogens (primary N) is 1. The maximum Gasteiger partial charge on any atom is 0.123 e. The molecule has 0 atom stereocenters. The Morgan fingerprint density at radius 3 is 2.73 bits per heavy atom. The fraction of sp³-hybridized carbons (Fsp3) is 0.231. The van der Waals surface area contributed by atoms with E-state index in [2.05, 4.69) is 13.0 Å². The van der Waals surface area contributed by atoms with Gasteiger partial charge in [0.15, 0.2) is 0 Å². The normalized spacial score (nSPS) is 10.8. The van der Waals surface area contributed by atoms with Gasteiger partial charge in [-0.1, -0.05) is 25.5 Å². The summed E-state index contributed by atoms with van der Waals surface area (Å²) in [5.74, 6) is -0.238. The molecule has 2 rings (SSSR count). The fourth-order valence-corrected chi connectivity index (χ4v) is 1.86. The molecular formula is C13H14FN. The van der Waals surface area contributed by atoms with E-state index in [0.29, 0.717) is 5.69 Å². The van der Waals surface area contributed by atoms with Crippen LogP contribution in [0.5, 0.6) is 0 Å². The van der Waals surface area contributed by atoms with Crippen LogP contribution in [0.2, 0.25) is 0 Å². The third-order valence-corrected chi connectivity index (χ3v) is 2.55. The number of rotatable bonds is 2. The molecule has 0 radical (unpaired) electrons. The van der Waals surface area contributed by atoms with E-state index in [-0.39, 0.29) is 5.82 Å². The van der Waals surface area contributed by atoms with E-state index in [9.17, 15) is 4.39 Å². The largest absolute Gasteiger partial charge is 0.398 e. The minimum atomic E-state index is -0.238. The average Bonchev–Trinajstić information content (AvgIpc) is 2.20. The molecule has 0 spiro atoms. The van der Waals surface area contributed by atoms with Gasteiger partial charge in [0.05, 0.1) is 0 Å². The molecule has 2 aromatic rings. The van der Waals surface area contributed by atoms with E-state index in [1.807, 2.05) is 6.07 Å². The van der Waals surface area contributed by atoms with Crippen LogP contribution in [0, 0.1) is 5.82 Å². The van der Waals surface area contributed by atoms with Gasteiger partial charge in [-0.15, -0.1) is 0 Å². The lowest BCUT2D eigenvalue weighted by molar-refractivity contribution is 0.630. The Bertz CT molecular complexity index is 491. The molecule has 0 unspecified atom stereocenters. The van der Waals surface area contributed by atoms with Crippen molar-refractivity contribution in [3.05, 3.63) is 41.7 Å². The van der Waals surface area contributed by atoms with E-state index in [1.165, 1.54) is 17.7 Å². The second-order valence-electron chi connectivity index (χ2n) is 3.80. The van der Waals surface area contributed by atoms with Crippen LogP contribution in [0.15, 0.2) is 30.3 Å². The first kappa shape index (κ1) is 9.97. The zero-order valence-corrected chi connectivity index (χ0v) is 8.76. The summed E-state index contributed by atoms with van der Waals surface area (Å²) in [5, 5.41) is 1.81. The second kappa shape index (κ2) is 3.89. The number of benzene rings is 2. The van der Waals surface area contributed by atoms with Gasteiger partial charge in [-0.05, 0) is 35.6 Å². The smallest absolute Gasteiger partial charge is 0.123 e. The molecule has 78 valence electrons. The minimum Gasteiger partial charge on any atom is -0.398 e. The number of aryl methyl sites for hydroxylation is 1. The van der Waals surface area contributed by atoms with E-state index in [4.69, 9.17) is 5.73 Å². The lowest BCUT2D eigenvalue weighted by Crippen LogP contribution is -1.92. The number of halogens is 1. The summed E-state index contributed by atoms with van der Waals surface area (Å²) >= 11 is 0. The van der Waals surface area contributed by atoms with Crippen LogP contribution < -0.4 is 5.73 Å². The highest BCUT2D eigenvalue weighted by molar-refractivity contribution is 5.93. The highest BCUT2D eigenvalue weighted by atomic mass is 19.1. The van der Waals surface area contributed by atoms with Gasteiger partial charge in [-0.2, -0.15) is 0 Å². The highest BCUT2D eigenvalue weighted by Gasteiger charge is 2.02. The Balaban J connectivity index is 2.62. The summed E-state index contributed by atoms with van der Waals surface area (Å²) < 4.78 is 13.0. The van der Waals surface area contributed by atoms with Gasteiger partial charge in [0, 0.05) is 11.1 Å². The maximum atomic E-state index is 13.0. The summed E-state index contributed by atoms with van der Waals surface area (Å²) in [6, 6.07) is 8.75. The first-order valence-corrected chi connectivity index (χ1v) is 5.18. The lowest BCUT2D eigenvalue weighted by Gasteiger charge is -2.06. The molecule has 2 N–H and O–H groups in total. The van der Waals surface area contributed by atoms with E-state index < -0.39 is 0 Å². The molecule has 2 heteroatoms. The molecule has 1 nitrogen and oxygen atoms in total. The predicted octanol–water partition coefficient (Wildman–Crippen LogP) is 3.51. The Labute approximate surface area is 88.7 Å². The number of hydrogen-bond donors (Lipinski definition) is 1. The maximum absolute atomic E-state index is 13.0. The summed E-state index contributed by atoms with van der Waals surface area (Å²) in [7, 11) is 0. The molecule has 0 amide bonds. The molecule has 2 aromatic carbocycles. The summed E-state index contributed by atoms with van der Waals surface area (Å²) in [6.07, 6.45) is 2.10. The number of anilines is 1. The summed E-state index contributed by atoms with van der Waals surface area (Å²) in [5.41, 5.74) is 7.77. The molecule has 0 heterocycles. The van der Waals surface area contributed by atoms with Gasteiger partial charge in [-0.25, -0.2) is 4.39 Å². The molecule has 0 saturated carbocycles. The van der Waals surface area contributed by atoms with Gasteiger partial charge in [0.1, 0.15) is 5.82 Å². The quantitative estimate of drug-likeness (QED) is 0.742. The van der Waals surface area contributed by atoms with Crippen LogP contribution in [0.1, 0.15) is 18.9 Å². The monoisotopic (exact) mass is 203 g/mol. The Hall–Kier alpha value is -1.57. The van der Waals surface area contributed by atoms with Crippen molar-refractivity contribution in [2.75, 3.05) is 5.73 Å². The SMILES string of the molecule is CCCc1cc(N)c2cc(F)ccc2c1. The highest BCUT2D eigenvalue weighted by Crippen LogP contribution is 2.24. The standard InChI is InChI=1S/C13H14FN/c1-2-3-9-6-10-4-5-11(14)8-12(10)13(15)7-9/h4-8H,2-3,15H2,1H3. The van der Waals surface area contributed by atoms with Crippen molar-refractivity contribution in [3.8, 4) is 0 Å². The van der Waals surface area contributed by atoms with Crippen LogP contribution >= 0.6 is 0 Å². The third kappa shape index (κ3) is 1.94. The van der Waals surface area contributed by atoms with E-state index in [0.717, 1.165) is 23.6 Å². The van der Waals surface area contributed by atoms with Gasteiger partial charge in [0.2, 0.25) is 0 Å². The molecule has 0 saturated heterocycles. The van der Waals surface area contributed by atoms with Crippen molar-refractivity contribution in [2.24, 2.45) is 0 Å². The lowest BCUT2D eigenvalue weighted by atomic mass is 10.0. The molecule has 0 aliphatic heterocycles. The topological polar surface area (TPSA) is 26.0 Å². The third-order valence-electron chi connectivity index (χ3n) is 2.55. The van der Waals surface area contributed by atoms with Gasteiger partial charge >= 0.3 is 0 Å². The number of fused-ring (bicyclic) bond motifs is 1. The minimum absolute atomic E-state index is 0.238. The predicted molar refractivity (Wildman–Crippen MR) is 62.3 cm³/mol. The van der Waals surface area contributed by atoms with Crippen molar-refractivity contribution in [1.29, 1.82) is 0 Å². The van der Waals surface area contributed by atoms with Crippen LogP contribution in [0.4, 0.5) is 10.1 Å². The molecule has 0 bridgehead atoms. The average molecular weight is 203 g/mol. The molecular weight excluding hydrogens is 189 g/mol. The van der Waals surface area contributed by atoms with Crippen LogP contribution in [0.25, 0.3) is 10.8 Å². The number of nitrogen functional groups attached to an aromatic ring is 1. The van der Waals surface area contributed by atoms with E-state index in [1.54, 1.807) is 6.07 Å². The Morgan fingerprint density at radius 2 is 2.00 bits per heavy atom. The summed E-state index contributed by atoms with van der Waals surface area (Å²) in [4.78, 5) is 0. The first-order valence-electron chi connectivity index (χ1n) is 5.18. The van der Waals surface area contributed by atoms with Crippen LogP contribution in [0.3, 0.4) is 0 Å². The molecule has 0 aliphatic rings. The van der Waals surface area contributed by atoms with Crippen LogP contribution in [-0.4, -0.2) is 0 Å². The van der Waals surface area contributed by atoms with Crippen molar-refractivity contribution in [1.82, 2.24) is 0 Å². The van der Waals surface area contributed by atoms with Gasteiger partial charge in [0.25, 0.3) is 0 Å². The zero-order valence-electron chi connectivity index (χ0n) is 8.76. The van der Waals surface area contributed by atoms with Crippen molar-refractivity contribution in [3.63, 3.8) is 0 Å². The van der Waals surface area contributed by atoms with E-state index >= 15 is 0 Å². The van der Waals surface area contributed by atoms with Crippen LogP contribution in [-0.2, 0) is 6.42 Å². The molecule has 15 heavy (non-hydrogen) atoms. The second-order valence-corrected chi connectivity index (χ2v) is 3.80. The Kier molecular flexibility index (Phi) is 2.58. The van der Waals surface area contributed by atoms with Crippen molar-refractivity contribution in [2.45, 2.75) is 19.8 Å². The van der Waals surface area contributed by atoms with Gasteiger partial charge in [-0.3, -0.25) is 0 Å². The van der Waals surface area contributed by atoms with Gasteiger partial charge < -0.3 is 5.73 Å². The molecule has 0 aromatic heterocycles. The molecule has 0 aliphatic carbocycles. The first-order chi connectivity index (χ1) is 7.20. The zero-order chi connectivity index (χ0) is 10.8. The number of hydrogen-bond acceptors (Lipinski definition) is 1. The fourth-order valence-electron chi connectivity index (χ4n) is 1.86. The molecule has 0 fully saturated rings. The van der Waals surface area contributed by atoms with Crippen molar-refractivity contribution >= 4 is 16.5 Å². The Morgan fingerprint density at radius 1 is 1.20 bits per heavy atom.